The van der Waals surface area contributed by atoms with Crippen LogP contribution in [0.5, 0.6) is 5.75 Å². The number of methoxy groups -OCH3 is 1. The zero-order valence-electron chi connectivity index (χ0n) is 13.6. The van der Waals surface area contributed by atoms with Crippen molar-refractivity contribution in [2.75, 3.05) is 13.7 Å². The van der Waals surface area contributed by atoms with Crippen molar-refractivity contribution in [2.24, 2.45) is 0 Å². The summed E-state index contributed by atoms with van der Waals surface area (Å²) in [6.45, 7) is 0.157. The Morgan fingerprint density at radius 3 is 2.64 bits per heavy atom. The minimum Gasteiger partial charge on any atom is -0.496 e. The number of para-hydroxylation sites is 1. The number of benzene rings is 2. The highest BCUT2D eigenvalue weighted by molar-refractivity contribution is 5.84. The van der Waals surface area contributed by atoms with Gasteiger partial charge in [-0.15, -0.1) is 0 Å². The molecule has 3 aromatic rings. The molecule has 0 radical (unpaired) electrons. The smallest absolute Gasteiger partial charge is 0.404 e. The van der Waals surface area contributed by atoms with Crippen LogP contribution in [0.2, 0.25) is 0 Å². The lowest BCUT2D eigenvalue weighted by atomic mass is 10.2. The zero-order chi connectivity index (χ0) is 17.8. The van der Waals surface area contributed by atoms with Gasteiger partial charge in [-0.05, 0) is 24.3 Å². The van der Waals surface area contributed by atoms with Crippen LogP contribution in [-0.4, -0.2) is 34.4 Å². The molecule has 7 heteroatoms. The van der Waals surface area contributed by atoms with Crippen LogP contribution in [0, 0.1) is 0 Å². The molecule has 0 aliphatic rings. The maximum absolute atomic E-state index is 13.1. The summed E-state index contributed by atoms with van der Waals surface area (Å²) in [5.41, 5.74) is 0.930. The minimum absolute atomic E-state index is 0.157. The summed E-state index contributed by atoms with van der Waals surface area (Å²) in [6, 6.07) is 14.3. The Balaban J connectivity index is 2.22. The van der Waals surface area contributed by atoms with Crippen LogP contribution >= 0.6 is 0 Å². The number of carboxylic acid groups (broad SMARTS) is 1. The number of ether oxygens (including phenoxy) is 1. The highest BCUT2D eigenvalue weighted by Crippen LogP contribution is 2.22. The number of fused-ring (bicyclic) bond motifs is 1. The van der Waals surface area contributed by atoms with Crippen molar-refractivity contribution in [3.63, 3.8) is 0 Å². The van der Waals surface area contributed by atoms with Crippen molar-refractivity contribution in [1.29, 1.82) is 0 Å². The number of hydrogen-bond acceptors (Lipinski definition) is 4. The van der Waals surface area contributed by atoms with Gasteiger partial charge in [-0.2, -0.15) is 0 Å². The fraction of sp³-hybridized carbons (Fsp3) is 0.167. The van der Waals surface area contributed by atoms with Crippen LogP contribution in [0.25, 0.3) is 16.6 Å². The van der Waals surface area contributed by atoms with Crippen molar-refractivity contribution >= 4 is 17.0 Å². The third-order valence-electron chi connectivity index (χ3n) is 3.79. The molecule has 0 aliphatic heterocycles. The van der Waals surface area contributed by atoms with Gasteiger partial charge in [-0.25, -0.2) is 9.78 Å². The summed E-state index contributed by atoms with van der Waals surface area (Å²) in [5, 5.41) is 11.4. The number of nitrogens with zero attached hydrogens (tertiary/aromatic N) is 2. The van der Waals surface area contributed by atoms with Crippen LogP contribution in [0.4, 0.5) is 4.79 Å². The van der Waals surface area contributed by atoms with Crippen molar-refractivity contribution < 1.29 is 14.6 Å². The van der Waals surface area contributed by atoms with Gasteiger partial charge in [0.25, 0.3) is 5.56 Å². The summed E-state index contributed by atoms with van der Waals surface area (Å²) in [5.74, 6) is 0.931. The molecule has 2 aromatic carbocycles. The van der Waals surface area contributed by atoms with Crippen LogP contribution in [0.3, 0.4) is 0 Å². The van der Waals surface area contributed by atoms with Gasteiger partial charge >= 0.3 is 6.09 Å². The van der Waals surface area contributed by atoms with Gasteiger partial charge in [0, 0.05) is 13.0 Å². The average molecular weight is 339 g/mol. The standard InChI is InChI=1S/C18H17N3O4/c1-25-14-9-5-8-13-16(14)17(22)21(12-6-3-2-4-7-12)15(20-13)10-11-19-18(23)24/h2-9,19H,10-11H2,1H3,(H,23,24). The van der Waals surface area contributed by atoms with E-state index in [1.807, 2.05) is 18.2 Å². The third-order valence-corrected chi connectivity index (χ3v) is 3.79. The lowest BCUT2D eigenvalue weighted by Gasteiger charge is -2.15. The predicted molar refractivity (Wildman–Crippen MR) is 93.6 cm³/mol. The van der Waals surface area contributed by atoms with E-state index in [1.54, 1.807) is 30.3 Å². The molecule has 0 spiro atoms. The molecule has 0 atom stereocenters. The number of amides is 1. The third kappa shape index (κ3) is 3.30. The Hall–Kier alpha value is -3.35. The largest absolute Gasteiger partial charge is 0.496 e. The van der Waals surface area contributed by atoms with Crippen molar-refractivity contribution in [3.05, 3.63) is 64.7 Å². The van der Waals surface area contributed by atoms with Gasteiger partial charge in [-0.1, -0.05) is 24.3 Å². The summed E-state index contributed by atoms with van der Waals surface area (Å²) in [7, 11) is 1.51. The number of aromatic nitrogens is 2. The van der Waals surface area contributed by atoms with E-state index >= 15 is 0 Å². The molecular formula is C18H17N3O4. The quantitative estimate of drug-likeness (QED) is 0.743. The Kier molecular flexibility index (Phi) is 4.65. The first-order valence-electron chi connectivity index (χ1n) is 7.72. The van der Waals surface area contributed by atoms with Gasteiger partial charge in [-0.3, -0.25) is 9.36 Å². The first-order chi connectivity index (χ1) is 12.1. The second-order valence-electron chi connectivity index (χ2n) is 5.34. The van der Waals surface area contributed by atoms with Crippen LogP contribution in [0.15, 0.2) is 53.3 Å². The molecular weight excluding hydrogens is 322 g/mol. The van der Waals surface area contributed by atoms with Gasteiger partial charge in [0.15, 0.2) is 0 Å². The van der Waals surface area contributed by atoms with Crippen LogP contribution < -0.4 is 15.6 Å². The summed E-state index contributed by atoms with van der Waals surface area (Å²) in [4.78, 5) is 28.4. The SMILES string of the molecule is COc1cccc2nc(CCNC(=O)O)n(-c3ccccc3)c(=O)c12. The summed E-state index contributed by atoms with van der Waals surface area (Å²) in [6.07, 6.45) is -0.833. The van der Waals surface area contributed by atoms with Crippen molar-refractivity contribution in [1.82, 2.24) is 14.9 Å². The normalized spacial score (nSPS) is 10.6. The molecule has 2 N–H and O–H groups in total. The molecule has 0 saturated heterocycles. The molecule has 1 amide bonds. The zero-order valence-corrected chi connectivity index (χ0v) is 13.6. The Morgan fingerprint density at radius 1 is 1.20 bits per heavy atom. The number of hydrogen-bond donors (Lipinski definition) is 2. The van der Waals surface area contributed by atoms with Gasteiger partial charge < -0.3 is 15.2 Å². The Bertz CT molecular complexity index is 967. The van der Waals surface area contributed by atoms with Crippen LogP contribution in [-0.2, 0) is 6.42 Å². The number of rotatable bonds is 5. The van der Waals surface area contributed by atoms with Crippen LogP contribution in [0.1, 0.15) is 5.82 Å². The fourth-order valence-corrected chi connectivity index (χ4v) is 2.71. The van der Waals surface area contributed by atoms with E-state index < -0.39 is 6.09 Å². The molecule has 0 aliphatic carbocycles. The molecule has 7 nitrogen and oxygen atoms in total. The highest BCUT2D eigenvalue weighted by Gasteiger charge is 2.15. The molecule has 25 heavy (non-hydrogen) atoms. The minimum atomic E-state index is -1.11. The van der Waals surface area contributed by atoms with E-state index in [2.05, 4.69) is 10.3 Å². The predicted octanol–water partition coefficient (Wildman–Crippen LogP) is 2.20. The molecule has 0 saturated carbocycles. The Morgan fingerprint density at radius 2 is 1.96 bits per heavy atom. The van der Waals surface area contributed by atoms with Crippen molar-refractivity contribution in [3.8, 4) is 11.4 Å². The maximum atomic E-state index is 13.1. The monoisotopic (exact) mass is 339 g/mol. The topological polar surface area (TPSA) is 93.4 Å². The van der Waals surface area contributed by atoms with E-state index in [1.165, 1.54) is 11.7 Å². The van der Waals surface area contributed by atoms with Gasteiger partial charge in [0.1, 0.15) is 17.0 Å². The maximum Gasteiger partial charge on any atom is 0.404 e. The molecule has 3 rings (SSSR count). The Labute approximate surface area is 143 Å². The second-order valence-corrected chi connectivity index (χ2v) is 5.34. The molecule has 0 unspecified atom stereocenters. The first-order valence-corrected chi connectivity index (χ1v) is 7.72. The average Bonchev–Trinajstić information content (AvgIpc) is 2.61. The first kappa shape index (κ1) is 16.5. The lowest BCUT2D eigenvalue weighted by molar-refractivity contribution is 0.194. The van der Waals surface area contributed by atoms with Crippen molar-refractivity contribution in [2.45, 2.75) is 6.42 Å². The molecule has 1 aromatic heterocycles. The number of carbonyl (C=O) groups is 1. The second kappa shape index (κ2) is 7.04. The van der Waals surface area contributed by atoms with E-state index in [4.69, 9.17) is 9.84 Å². The summed E-state index contributed by atoms with van der Waals surface area (Å²) < 4.78 is 6.80. The fourth-order valence-electron chi connectivity index (χ4n) is 2.71. The lowest BCUT2D eigenvalue weighted by Crippen LogP contribution is -2.29. The van der Waals surface area contributed by atoms with Gasteiger partial charge in [0.05, 0.1) is 18.3 Å². The molecule has 1 heterocycles. The van der Waals surface area contributed by atoms with E-state index in [9.17, 15) is 9.59 Å². The molecule has 0 bridgehead atoms. The van der Waals surface area contributed by atoms with E-state index in [0.717, 1.165) is 0 Å². The number of nitrogens with one attached hydrogen (secondary N) is 1. The van der Waals surface area contributed by atoms with Gasteiger partial charge in [0.2, 0.25) is 0 Å². The van der Waals surface area contributed by atoms with E-state index in [0.29, 0.717) is 28.2 Å². The highest BCUT2D eigenvalue weighted by atomic mass is 16.5. The van der Waals surface area contributed by atoms with E-state index in [-0.39, 0.29) is 18.5 Å². The summed E-state index contributed by atoms with van der Waals surface area (Å²) >= 11 is 0. The molecule has 0 fully saturated rings. The molecule has 128 valence electrons.